The van der Waals surface area contributed by atoms with Gasteiger partial charge in [-0.2, -0.15) is 0 Å². The summed E-state index contributed by atoms with van der Waals surface area (Å²) in [6.45, 7) is 0. The molecule has 1 aliphatic heterocycles. The summed E-state index contributed by atoms with van der Waals surface area (Å²) >= 11 is 3.43. The largest absolute Gasteiger partial charge is 0.507 e. The van der Waals surface area contributed by atoms with Crippen molar-refractivity contribution in [1.29, 1.82) is 0 Å². The van der Waals surface area contributed by atoms with Gasteiger partial charge in [-0.25, -0.2) is 0 Å². The average Bonchev–Trinajstić information content (AvgIpc) is 3.42. The summed E-state index contributed by atoms with van der Waals surface area (Å²) in [6, 6.07) is 19.3. The number of halogens is 1. The van der Waals surface area contributed by atoms with Gasteiger partial charge >= 0.3 is 0 Å². The summed E-state index contributed by atoms with van der Waals surface area (Å²) in [5, 5.41) is 12.3. The summed E-state index contributed by atoms with van der Waals surface area (Å²) in [5.74, 6) is -1.11. The molecule has 0 bridgehead atoms. The Morgan fingerprint density at radius 3 is 2.44 bits per heavy atom. The minimum Gasteiger partial charge on any atom is -0.507 e. The standard InChI is InChI=1S/C28H24BrN3O4/c1-31(2)17-9-11-18(12-10-17)32-25(20-15-30-22-7-5-4-6-19(20)22)24(27(34)28(32)35)26(33)16-8-13-23(36-3)21(29)14-16/h4-15,25,30,33H,1-3H3/b26-24+. The van der Waals surface area contributed by atoms with Crippen LogP contribution in [0.3, 0.4) is 0 Å². The number of anilines is 2. The monoisotopic (exact) mass is 545 g/mol. The van der Waals surface area contributed by atoms with Crippen LogP contribution in [0, 0.1) is 0 Å². The number of aliphatic hydroxyl groups excluding tert-OH is 1. The van der Waals surface area contributed by atoms with E-state index in [0.717, 1.165) is 22.2 Å². The topological polar surface area (TPSA) is 85.9 Å². The quantitative estimate of drug-likeness (QED) is 0.193. The maximum atomic E-state index is 13.5. The van der Waals surface area contributed by atoms with Crippen LogP contribution in [-0.4, -0.2) is 43.0 Å². The number of carbonyl (C=O) groups is 2. The van der Waals surface area contributed by atoms with Crippen molar-refractivity contribution in [3.8, 4) is 5.75 Å². The van der Waals surface area contributed by atoms with Crippen molar-refractivity contribution >= 4 is 55.7 Å². The Morgan fingerprint density at radius 2 is 1.78 bits per heavy atom. The van der Waals surface area contributed by atoms with Gasteiger partial charge in [0, 0.05) is 53.7 Å². The first-order valence-corrected chi connectivity index (χ1v) is 12.1. The van der Waals surface area contributed by atoms with Gasteiger partial charge in [-0.05, 0) is 64.5 Å². The molecule has 5 rings (SSSR count). The Bertz CT molecular complexity index is 1520. The molecule has 8 heteroatoms. The molecule has 7 nitrogen and oxygen atoms in total. The van der Waals surface area contributed by atoms with Crippen molar-refractivity contribution in [2.45, 2.75) is 6.04 Å². The first kappa shape index (κ1) is 23.7. The maximum Gasteiger partial charge on any atom is 0.300 e. The lowest BCUT2D eigenvalue weighted by Gasteiger charge is -2.25. The van der Waals surface area contributed by atoms with Gasteiger partial charge in [0.25, 0.3) is 11.7 Å². The van der Waals surface area contributed by atoms with Gasteiger partial charge in [-0.15, -0.1) is 0 Å². The molecule has 2 N–H and O–H groups in total. The van der Waals surface area contributed by atoms with E-state index in [2.05, 4.69) is 20.9 Å². The fourth-order valence-electron chi connectivity index (χ4n) is 4.59. The molecule has 36 heavy (non-hydrogen) atoms. The summed E-state index contributed by atoms with van der Waals surface area (Å²) in [4.78, 5) is 33.6. The van der Waals surface area contributed by atoms with Gasteiger partial charge in [-0.1, -0.05) is 18.2 Å². The third-order valence-electron chi connectivity index (χ3n) is 6.43. The molecule has 1 unspecified atom stereocenters. The molecule has 182 valence electrons. The van der Waals surface area contributed by atoms with E-state index in [1.807, 2.05) is 67.5 Å². The number of aromatic amines is 1. The third kappa shape index (κ3) is 3.83. The molecule has 1 aliphatic rings. The van der Waals surface area contributed by atoms with Crippen LogP contribution in [0.1, 0.15) is 17.2 Å². The molecule has 0 aliphatic carbocycles. The van der Waals surface area contributed by atoms with Crippen LogP contribution < -0.4 is 14.5 Å². The van der Waals surface area contributed by atoms with Crippen LogP contribution >= 0.6 is 15.9 Å². The number of benzene rings is 3. The number of aromatic nitrogens is 1. The fourth-order valence-corrected chi connectivity index (χ4v) is 5.13. The van der Waals surface area contributed by atoms with Crippen molar-refractivity contribution < 1.29 is 19.4 Å². The number of hydrogen-bond donors (Lipinski definition) is 2. The first-order chi connectivity index (χ1) is 17.3. The van der Waals surface area contributed by atoms with E-state index < -0.39 is 17.7 Å². The summed E-state index contributed by atoms with van der Waals surface area (Å²) in [5.41, 5.74) is 3.53. The number of ether oxygens (including phenoxy) is 1. The number of aliphatic hydroxyl groups is 1. The second-order valence-corrected chi connectivity index (χ2v) is 9.57. The minimum absolute atomic E-state index is 0.0264. The van der Waals surface area contributed by atoms with E-state index in [1.165, 1.54) is 4.90 Å². The number of rotatable bonds is 5. The smallest absolute Gasteiger partial charge is 0.300 e. The van der Waals surface area contributed by atoms with E-state index in [4.69, 9.17) is 4.74 Å². The lowest BCUT2D eigenvalue weighted by molar-refractivity contribution is -0.132. The zero-order chi connectivity index (χ0) is 25.6. The lowest BCUT2D eigenvalue weighted by Crippen LogP contribution is -2.29. The number of methoxy groups -OCH3 is 1. The number of carbonyl (C=O) groups excluding carboxylic acids is 2. The van der Waals surface area contributed by atoms with Crippen molar-refractivity contribution in [2.75, 3.05) is 31.0 Å². The molecule has 1 aromatic heterocycles. The number of nitrogens with one attached hydrogen (secondary N) is 1. The van der Waals surface area contributed by atoms with Gasteiger partial charge in [-0.3, -0.25) is 14.5 Å². The number of hydrogen-bond acceptors (Lipinski definition) is 5. The van der Waals surface area contributed by atoms with E-state index >= 15 is 0 Å². The van der Waals surface area contributed by atoms with Crippen molar-refractivity contribution in [1.82, 2.24) is 4.98 Å². The highest BCUT2D eigenvalue weighted by Gasteiger charge is 2.47. The Balaban J connectivity index is 1.74. The van der Waals surface area contributed by atoms with Crippen LogP contribution in [0.4, 0.5) is 11.4 Å². The maximum absolute atomic E-state index is 13.5. The zero-order valence-electron chi connectivity index (χ0n) is 19.9. The van der Waals surface area contributed by atoms with Gasteiger partial charge in [0.15, 0.2) is 0 Å². The Kier molecular flexibility index (Phi) is 6.05. The molecule has 0 spiro atoms. The number of ketones is 1. The van der Waals surface area contributed by atoms with E-state index in [1.54, 1.807) is 31.5 Å². The van der Waals surface area contributed by atoms with E-state index in [9.17, 15) is 14.7 Å². The van der Waals surface area contributed by atoms with E-state index in [-0.39, 0.29) is 11.3 Å². The molecule has 0 saturated carbocycles. The molecule has 3 aromatic carbocycles. The second kappa shape index (κ2) is 9.20. The molecule has 4 aromatic rings. The molecule has 2 heterocycles. The predicted molar refractivity (Wildman–Crippen MR) is 145 cm³/mol. The SMILES string of the molecule is COc1ccc(/C(O)=C2\C(=O)C(=O)N(c3ccc(N(C)C)cc3)C2c2c[nH]c3ccccc23)cc1Br. The normalized spacial score (nSPS) is 17.1. The van der Waals surface area contributed by atoms with Gasteiger partial charge in [0.05, 0.1) is 23.2 Å². The minimum atomic E-state index is -0.827. The van der Waals surface area contributed by atoms with Crippen LogP contribution in [0.25, 0.3) is 16.7 Å². The fraction of sp³-hybridized carbons (Fsp3) is 0.143. The predicted octanol–water partition coefficient (Wildman–Crippen LogP) is 5.63. The van der Waals surface area contributed by atoms with Crippen molar-refractivity contribution in [3.63, 3.8) is 0 Å². The molecule has 0 radical (unpaired) electrons. The highest BCUT2D eigenvalue weighted by Crippen LogP contribution is 2.44. The Morgan fingerprint density at radius 1 is 1.06 bits per heavy atom. The number of amides is 1. The molecule has 1 fully saturated rings. The van der Waals surface area contributed by atoms with Gasteiger partial charge in [0.2, 0.25) is 0 Å². The number of H-pyrrole nitrogens is 1. The summed E-state index contributed by atoms with van der Waals surface area (Å²) in [7, 11) is 5.41. The molecule has 1 atom stereocenters. The van der Waals surface area contributed by atoms with Gasteiger partial charge < -0.3 is 19.7 Å². The molecule has 1 amide bonds. The number of Topliss-reactive ketones (excluding diaryl/α,β-unsaturated/α-hetero) is 1. The summed E-state index contributed by atoms with van der Waals surface area (Å²) < 4.78 is 5.91. The first-order valence-electron chi connectivity index (χ1n) is 11.3. The van der Waals surface area contributed by atoms with Crippen LogP contribution in [-0.2, 0) is 9.59 Å². The van der Waals surface area contributed by atoms with Crippen LogP contribution in [0.15, 0.2) is 83.0 Å². The van der Waals surface area contributed by atoms with Crippen molar-refractivity contribution in [3.05, 3.63) is 94.1 Å². The number of fused-ring (bicyclic) bond motifs is 1. The molecular weight excluding hydrogens is 522 g/mol. The highest BCUT2D eigenvalue weighted by molar-refractivity contribution is 9.10. The lowest BCUT2D eigenvalue weighted by atomic mass is 9.94. The highest BCUT2D eigenvalue weighted by atomic mass is 79.9. The third-order valence-corrected chi connectivity index (χ3v) is 7.05. The number of para-hydroxylation sites is 1. The molecule has 1 saturated heterocycles. The summed E-state index contributed by atoms with van der Waals surface area (Å²) in [6.07, 6.45) is 1.79. The molecular formula is C28H24BrN3O4. The Labute approximate surface area is 216 Å². The van der Waals surface area contributed by atoms with Gasteiger partial charge in [0.1, 0.15) is 11.5 Å². The van der Waals surface area contributed by atoms with Crippen LogP contribution in [0.2, 0.25) is 0 Å². The average molecular weight is 546 g/mol. The van der Waals surface area contributed by atoms with Crippen molar-refractivity contribution in [2.24, 2.45) is 0 Å². The zero-order valence-corrected chi connectivity index (χ0v) is 21.5. The van der Waals surface area contributed by atoms with E-state index in [0.29, 0.717) is 21.5 Å². The number of nitrogens with zero attached hydrogens (tertiary/aromatic N) is 2. The van der Waals surface area contributed by atoms with Crippen LogP contribution in [0.5, 0.6) is 5.75 Å². The Hall–Kier alpha value is -4.04. The second-order valence-electron chi connectivity index (χ2n) is 8.72.